The molecule has 1 aromatic carbocycles. The molecule has 108 valence electrons. The summed E-state index contributed by atoms with van der Waals surface area (Å²) in [5.41, 5.74) is 0.659. The maximum Gasteiger partial charge on any atom is 0.147 e. The van der Waals surface area contributed by atoms with Crippen molar-refractivity contribution in [2.75, 3.05) is 7.05 Å². The van der Waals surface area contributed by atoms with Crippen LogP contribution in [0.25, 0.3) is 0 Å². The monoisotopic (exact) mass is 349 g/mol. The molecule has 0 aliphatic rings. The van der Waals surface area contributed by atoms with Gasteiger partial charge in [-0.25, -0.2) is 4.39 Å². The van der Waals surface area contributed by atoms with Gasteiger partial charge in [0.05, 0.1) is 5.02 Å². The van der Waals surface area contributed by atoms with Crippen molar-refractivity contribution in [2.45, 2.75) is 51.5 Å². The first-order valence-electron chi connectivity index (χ1n) is 6.92. The first kappa shape index (κ1) is 16.9. The molecule has 1 atom stereocenters. The molecule has 0 bridgehead atoms. The highest BCUT2D eigenvalue weighted by atomic mass is 79.9. The normalized spacial score (nSPS) is 12.7. The van der Waals surface area contributed by atoms with Crippen LogP contribution in [0.2, 0.25) is 5.02 Å². The number of hydrogen-bond acceptors (Lipinski definition) is 1. The number of hydrogen-bond donors (Lipinski definition) is 1. The quantitative estimate of drug-likeness (QED) is 0.457. The SMILES string of the molecule is CCCCCCCC(NC)c1ccc(Br)c(Cl)c1F. The summed E-state index contributed by atoms with van der Waals surface area (Å²) in [5, 5.41) is 3.35. The van der Waals surface area contributed by atoms with E-state index in [0.29, 0.717) is 10.0 Å². The van der Waals surface area contributed by atoms with Gasteiger partial charge in [0.15, 0.2) is 0 Å². The van der Waals surface area contributed by atoms with Crippen LogP contribution in [0.15, 0.2) is 16.6 Å². The number of unbranched alkanes of at least 4 members (excludes halogenated alkanes) is 4. The average Bonchev–Trinajstić information content (AvgIpc) is 2.41. The standard InChI is InChI=1S/C15H22BrClFN/c1-3-4-5-6-7-8-13(19-2)11-9-10-12(16)14(17)15(11)18/h9-10,13,19H,3-8H2,1-2H3. The van der Waals surface area contributed by atoms with Crippen LogP contribution < -0.4 is 5.32 Å². The van der Waals surface area contributed by atoms with Gasteiger partial charge in [-0.1, -0.05) is 56.7 Å². The first-order chi connectivity index (χ1) is 9.11. The summed E-state index contributed by atoms with van der Waals surface area (Å²) in [6.07, 6.45) is 7.04. The van der Waals surface area contributed by atoms with E-state index in [1.54, 1.807) is 6.07 Å². The molecule has 0 radical (unpaired) electrons. The Kier molecular flexibility index (Phi) is 7.96. The predicted molar refractivity (Wildman–Crippen MR) is 84.3 cm³/mol. The summed E-state index contributed by atoms with van der Waals surface area (Å²) >= 11 is 9.18. The van der Waals surface area contributed by atoms with Crippen LogP contribution in [0.1, 0.15) is 57.1 Å². The second kappa shape index (κ2) is 8.93. The fourth-order valence-electron chi connectivity index (χ4n) is 2.22. The first-order valence-corrected chi connectivity index (χ1v) is 8.09. The van der Waals surface area contributed by atoms with Gasteiger partial charge >= 0.3 is 0 Å². The molecule has 1 aromatic rings. The zero-order valence-electron chi connectivity index (χ0n) is 11.6. The topological polar surface area (TPSA) is 12.0 Å². The largest absolute Gasteiger partial charge is 0.313 e. The van der Waals surface area contributed by atoms with Crippen LogP contribution in [0.4, 0.5) is 4.39 Å². The van der Waals surface area contributed by atoms with Crippen molar-refractivity contribution in [3.8, 4) is 0 Å². The van der Waals surface area contributed by atoms with E-state index in [4.69, 9.17) is 11.6 Å². The van der Waals surface area contributed by atoms with Crippen LogP contribution in [-0.2, 0) is 0 Å². The lowest BCUT2D eigenvalue weighted by Gasteiger charge is -2.18. The van der Waals surface area contributed by atoms with E-state index in [0.717, 1.165) is 12.8 Å². The molecule has 1 nitrogen and oxygen atoms in total. The molecule has 0 aliphatic heterocycles. The average molecular weight is 351 g/mol. The lowest BCUT2D eigenvalue weighted by Crippen LogP contribution is -2.17. The molecular weight excluding hydrogens is 329 g/mol. The van der Waals surface area contributed by atoms with Crippen molar-refractivity contribution in [1.82, 2.24) is 5.32 Å². The van der Waals surface area contributed by atoms with Gasteiger partial charge < -0.3 is 5.32 Å². The Hall–Kier alpha value is -0.120. The molecule has 0 heterocycles. The van der Waals surface area contributed by atoms with Crippen molar-refractivity contribution < 1.29 is 4.39 Å². The molecule has 0 saturated heterocycles. The van der Waals surface area contributed by atoms with Crippen molar-refractivity contribution in [3.63, 3.8) is 0 Å². The molecule has 0 aromatic heterocycles. The Morgan fingerprint density at radius 3 is 2.58 bits per heavy atom. The molecule has 0 amide bonds. The van der Waals surface area contributed by atoms with E-state index in [2.05, 4.69) is 28.2 Å². The number of halogens is 3. The van der Waals surface area contributed by atoms with Crippen LogP contribution in [0.3, 0.4) is 0 Å². The van der Waals surface area contributed by atoms with Crippen LogP contribution >= 0.6 is 27.5 Å². The summed E-state index contributed by atoms with van der Waals surface area (Å²) in [7, 11) is 1.87. The Labute approximate surface area is 129 Å². The minimum absolute atomic E-state index is 0.0345. The van der Waals surface area contributed by atoms with E-state index in [1.165, 1.54) is 25.7 Å². The maximum absolute atomic E-state index is 14.1. The molecule has 1 rings (SSSR count). The lowest BCUT2D eigenvalue weighted by molar-refractivity contribution is 0.478. The van der Waals surface area contributed by atoms with E-state index in [-0.39, 0.29) is 16.9 Å². The summed E-state index contributed by atoms with van der Waals surface area (Å²) in [6, 6.07) is 3.65. The van der Waals surface area contributed by atoms with E-state index < -0.39 is 0 Å². The zero-order valence-corrected chi connectivity index (χ0v) is 14.0. The minimum atomic E-state index is -0.316. The van der Waals surface area contributed by atoms with Gasteiger partial charge in [0, 0.05) is 16.1 Å². The van der Waals surface area contributed by atoms with E-state index in [9.17, 15) is 4.39 Å². The Bertz CT molecular complexity index is 398. The van der Waals surface area contributed by atoms with Gasteiger partial charge in [0.1, 0.15) is 5.82 Å². The third-order valence-corrected chi connectivity index (χ3v) is 4.64. The summed E-state index contributed by atoms with van der Waals surface area (Å²) in [5.74, 6) is -0.316. The molecule has 0 spiro atoms. The predicted octanol–water partition coefficient (Wildman–Crippen LogP) is 5.86. The third kappa shape index (κ3) is 5.05. The molecule has 0 fully saturated rings. The van der Waals surface area contributed by atoms with Gasteiger partial charge in [-0.05, 0) is 35.5 Å². The van der Waals surface area contributed by atoms with Crippen molar-refractivity contribution in [3.05, 3.63) is 33.0 Å². The van der Waals surface area contributed by atoms with Gasteiger partial charge in [-0.2, -0.15) is 0 Å². The fourth-order valence-corrected chi connectivity index (χ4v) is 2.70. The Morgan fingerprint density at radius 2 is 1.95 bits per heavy atom. The summed E-state index contributed by atoms with van der Waals surface area (Å²) in [4.78, 5) is 0. The Balaban J connectivity index is 2.62. The molecule has 1 N–H and O–H groups in total. The smallest absolute Gasteiger partial charge is 0.147 e. The lowest BCUT2D eigenvalue weighted by atomic mass is 9.99. The van der Waals surface area contributed by atoms with Crippen molar-refractivity contribution in [1.29, 1.82) is 0 Å². The fraction of sp³-hybridized carbons (Fsp3) is 0.600. The second-order valence-corrected chi connectivity index (χ2v) is 6.04. The highest BCUT2D eigenvalue weighted by Gasteiger charge is 2.17. The van der Waals surface area contributed by atoms with Gasteiger partial charge in [0.25, 0.3) is 0 Å². The Morgan fingerprint density at radius 1 is 1.26 bits per heavy atom. The molecule has 4 heteroatoms. The minimum Gasteiger partial charge on any atom is -0.313 e. The summed E-state index contributed by atoms with van der Waals surface area (Å²) < 4.78 is 14.7. The molecule has 0 aliphatic carbocycles. The van der Waals surface area contributed by atoms with Gasteiger partial charge in [0.2, 0.25) is 0 Å². The van der Waals surface area contributed by atoms with E-state index in [1.807, 2.05) is 13.1 Å². The molecular formula is C15H22BrClFN. The number of nitrogens with one attached hydrogen (secondary N) is 1. The summed E-state index contributed by atoms with van der Waals surface area (Å²) in [6.45, 7) is 2.20. The maximum atomic E-state index is 14.1. The van der Waals surface area contributed by atoms with Crippen molar-refractivity contribution >= 4 is 27.5 Å². The number of rotatable bonds is 8. The van der Waals surface area contributed by atoms with Gasteiger partial charge in [-0.15, -0.1) is 0 Å². The highest BCUT2D eigenvalue weighted by Crippen LogP contribution is 2.32. The molecule has 0 saturated carbocycles. The van der Waals surface area contributed by atoms with Crippen LogP contribution in [0, 0.1) is 5.82 Å². The van der Waals surface area contributed by atoms with Crippen LogP contribution in [0.5, 0.6) is 0 Å². The third-order valence-electron chi connectivity index (χ3n) is 3.39. The highest BCUT2D eigenvalue weighted by molar-refractivity contribution is 9.10. The van der Waals surface area contributed by atoms with Crippen LogP contribution in [-0.4, -0.2) is 7.05 Å². The second-order valence-electron chi connectivity index (χ2n) is 4.81. The molecule has 1 unspecified atom stereocenters. The van der Waals surface area contributed by atoms with Crippen molar-refractivity contribution in [2.24, 2.45) is 0 Å². The zero-order chi connectivity index (χ0) is 14.3. The number of benzene rings is 1. The van der Waals surface area contributed by atoms with E-state index >= 15 is 0 Å². The molecule has 19 heavy (non-hydrogen) atoms. The van der Waals surface area contributed by atoms with Gasteiger partial charge in [-0.3, -0.25) is 0 Å².